The fourth-order valence-corrected chi connectivity index (χ4v) is 2.00. The van der Waals surface area contributed by atoms with Crippen LogP contribution < -0.4 is 5.73 Å². The number of likely N-dealkylation sites (tertiary alicyclic amines) is 1. The van der Waals surface area contributed by atoms with Gasteiger partial charge in [-0.25, -0.2) is 0 Å². The third kappa shape index (κ3) is 5.49. The zero-order valence-corrected chi connectivity index (χ0v) is 11.6. The second-order valence-corrected chi connectivity index (χ2v) is 5.83. The summed E-state index contributed by atoms with van der Waals surface area (Å²) in [6.07, 6.45) is 2.26. The molecule has 1 aliphatic rings. The lowest BCUT2D eigenvalue weighted by molar-refractivity contribution is -0.156. The first-order chi connectivity index (χ1) is 8.28. The normalized spacial score (nSPS) is 20.7. The molecule has 5 heteroatoms. The lowest BCUT2D eigenvalue weighted by Gasteiger charge is -2.30. The van der Waals surface area contributed by atoms with Gasteiger partial charge in [-0.2, -0.15) is 0 Å². The molecule has 5 nitrogen and oxygen atoms in total. The second-order valence-electron chi connectivity index (χ2n) is 5.83. The lowest BCUT2D eigenvalue weighted by Crippen LogP contribution is -2.45. The summed E-state index contributed by atoms with van der Waals surface area (Å²) in [7, 11) is 0. The molecule has 0 saturated carbocycles. The molecule has 0 aromatic carbocycles. The SMILES string of the molecule is CC(C)(C)OC(=O)CCC(=O)N1CCCC(N)C1. The van der Waals surface area contributed by atoms with Gasteiger partial charge in [0.2, 0.25) is 5.91 Å². The first kappa shape index (κ1) is 15.0. The van der Waals surface area contributed by atoms with E-state index in [2.05, 4.69) is 0 Å². The molecule has 1 heterocycles. The molecule has 0 aliphatic carbocycles. The van der Waals surface area contributed by atoms with E-state index in [0.717, 1.165) is 19.4 Å². The topological polar surface area (TPSA) is 72.6 Å². The molecule has 1 atom stereocenters. The molecule has 1 unspecified atom stereocenters. The fraction of sp³-hybridized carbons (Fsp3) is 0.846. The van der Waals surface area contributed by atoms with Crippen molar-refractivity contribution in [1.82, 2.24) is 4.90 Å². The van der Waals surface area contributed by atoms with Gasteiger partial charge in [-0.15, -0.1) is 0 Å². The van der Waals surface area contributed by atoms with Crippen LogP contribution in [0, 0.1) is 0 Å². The Kier molecular flexibility index (Phi) is 5.14. The van der Waals surface area contributed by atoms with Crippen LogP contribution in [0.1, 0.15) is 46.5 Å². The fourth-order valence-electron chi connectivity index (χ4n) is 2.00. The number of rotatable bonds is 3. The lowest BCUT2D eigenvalue weighted by atomic mass is 10.1. The maximum atomic E-state index is 11.9. The van der Waals surface area contributed by atoms with Gasteiger partial charge in [-0.05, 0) is 33.6 Å². The molecule has 0 bridgehead atoms. The Morgan fingerprint density at radius 1 is 1.33 bits per heavy atom. The van der Waals surface area contributed by atoms with Gasteiger partial charge in [-0.1, -0.05) is 0 Å². The summed E-state index contributed by atoms with van der Waals surface area (Å²) < 4.78 is 5.16. The van der Waals surface area contributed by atoms with Gasteiger partial charge in [-0.3, -0.25) is 9.59 Å². The first-order valence-electron chi connectivity index (χ1n) is 6.53. The molecule has 1 rings (SSSR count). The van der Waals surface area contributed by atoms with E-state index in [-0.39, 0.29) is 30.8 Å². The minimum absolute atomic E-state index is 0.00370. The molecule has 1 amide bonds. The maximum Gasteiger partial charge on any atom is 0.306 e. The third-order valence-corrected chi connectivity index (χ3v) is 2.77. The third-order valence-electron chi connectivity index (χ3n) is 2.77. The van der Waals surface area contributed by atoms with Gasteiger partial charge >= 0.3 is 5.97 Å². The smallest absolute Gasteiger partial charge is 0.306 e. The van der Waals surface area contributed by atoms with E-state index in [1.54, 1.807) is 4.90 Å². The molecule has 18 heavy (non-hydrogen) atoms. The van der Waals surface area contributed by atoms with Crippen molar-refractivity contribution in [3.05, 3.63) is 0 Å². The zero-order valence-electron chi connectivity index (χ0n) is 11.6. The molecule has 1 saturated heterocycles. The Labute approximate surface area is 109 Å². The molecule has 0 aromatic rings. The highest BCUT2D eigenvalue weighted by Crippen LogP contribution is 2.12. The standard InChI is InChI=1S/C13H24N2O3/c1-13(2,3)18-12(17)7-6-11(16)15-8-4-5-10(14)9-15/h10H,4-9,14H2,1-3H3. The molecule has 0 aromatic heterocycles. The van der Waals surface area contributed by atoms with Gasteiger partial charge in [0, 0.05) is 25.6 Å². The van der Waals surface area contributed by atoms with Crippen LogP contribution in [0.4, 0.5) is 0 Å². The number of piperidine rings is 1. The first-order valence-corrected chi connectivity index (χ1v) is 6.53. The Balaban J connectivity index is 2.30. The van der Waals surface area contributed by atoms with Crippen LogP contribution in [0.2, 0.25) is 0 Å². The molecular weight excluding hydrogens is 232 g/mol. The highest BCUT2D eigenvalue weighted by Gasteiger charge is 2.22. The van der Waals surface area contributed by atoms with Crippen LogP contribution in [0.5, 0.6) is 0 Å². The van der Waals surface area contributed by atoms with Gasteiger partial charge in [0.05, 0.1) is 6.42 Å². The van der Waals surface area contributed by atoms with Gasteiger partial charge in [0.1, 0.15) is 5.60 Å². The van der Waals surface area contributed by atoms with E-state index in [4.69, 9.17) is 10.5 Å². The van der Waals surface area contributed by atoms with Crippen molar-refractivity contribution in [2.75, 3.05) is 13.1 Å². The number of carbonyl (C=O) groups is 2. The van der Waals surface area contributed by atoms with Crippen molar-refractivity contribution in [2.45, 2.75) is 58.1 Å². The van der Waals surface area contributed by atoms with Gasteiger partial charge in [0.15, 0.2) is 0 Å². The number of nitrogens with zero attached hydrogens (tertiary/aromatic N) is 1. The summed E-state index contributed by atoms with van der Waals surface area (Å²) in [4.78, 5) is 25.1. The van der Waals surface area contributed by atoms with E-state index < -0.39 is 5.60 Å². The number of nitrogens with two attached hydrogens (primary N) is 1. The molecule has 0 spiro atoms. The Bertz CT molecular complexity index is 310. The number of ether oxygens (including phenoxy) is 1. The van der Waals surface area contributed by atoms with E-state index in [0.29, 0.717) is 6.54 Å². The predicted octanol–water partition coefficient (Wildman–Crippen LogP) is 1.06. The molecule has 104 valence electrons. The summed E-state index contributed by atoms with van der Waals surface area (Å²) in [5.41, 5.74) is 5.32. The predicted molar refractivity (Wildman–Crippen MR) is 68.9 cm³/mol. The monoisotopic (exact) mass is 256 g/mol. The van der Waals surface area contributed by atoms with Gasteiger partial charge in [0.25, 0.3) is 0 Å². The zero-order chi connectivity index (χ0) is 13.8. The number of esters is 1. The maximum absolute atomic E-state index is 11.9. The number of amides is 1. The minimum atomic E-state index is -0.492. The highest BCUT2D eigenvalue weighted by atomic mass is 16.6. The summed E-state index contributed by atoms with van der Waals surface area (Å²) in [5, 5.41) is 0. The summed E-state index contributed by atoms with van der Waals surface area (Å²) in [6.45, 7) is 6.80. The molecule has 2 N–H and O–H groups in total. The number of carbonyl (C=O) groups excluding carboxylic acids is 2. The summed E-state index contributed by atoms with van der Waals surface area (Å²) in [6, 6.07) is 0.0734. The highest BCUT2D eigenvalue weighted by molar-refractivity contribution is 5.81. The van der Waals surface area contributed by atoms with Crippen molar-refractivity contribution >= 4 is 11.9 Å². The second kappa shape index (κ2) is 6.18. The molecule has 0 radical (unpaired) electrons. The van der Waals surface area contributed by atoms with Crippen LogP contribution in [0.15, 0.2) is 0 Å². The largest absolute Gasteiger partial charge is 0.460 e. The quantitative estimate of drug-likeness (QED) is 0.766. The van der Waals surface area contributed by atoms with Gasteiger partial charge < -0.3 is 15.4 Å². The van der Waals surface area contributed by atoms with Crippen molar-refractivity contribution < 1.29 is 14.3 Å². The summed E-state index contributed by atoms with van der Waals surface area (Å²) >= 11 is 0. The van der Waals surface area contributed by atoms with E-state index in [1.165, 1.54) is 0 Å². The van der Waals surface area contributed by atoms with Crippen LogP contribution >= 0.6 is 0 Å². The summed E-state index contributed by atoms with van der Waals surface area (Å²) in [5.74, 6) is -0.326. The average Bonchev–Trinajstić information content (AvgIpc) is 2.23. The van der Waals surface area contributed by atoms with Crippen molar-refractivity contribution in [1.29, 1.82) is 0 Å². The average molecular weight is 256 g/mol. The van der Waals surface area contributed by atoms with Crippen LogP contribution in [0.25, 0.3) is 0 Å². The van der Waals surface area contributed by atoms with Crippen molar-refractivity contribution in [2.24, 2.45) is 5.73 Å². The Morgan fingerprint density at radius 2 is 2.00 bits per heavy atom. The molecule has 1 fully saturated rings. The Hall–Kier alpha value is -1.10. The van der Waals surface area contributed by atoms with Crippen molar-refractivity contribution in [3.63, 3.8) is 0 Å². The molecular formula is C13H24N2O3. The van der Waals surface area contributed by atoms with E-state index in [9.17, 15) is 9.59 Å². The molecule has 1 aliphatic heterocycles. The minimum Gasteiger partial charge on any atom is -0.460 e. The van der Waals surface area contributed by atoms with Crippen LogP contribution in [-0.2, 0) is 14.3 Å². The van der Waals surface area contributed by atoms with E-state index in [1.807, 2.05) is 20.8 Å². The van der Waals surface area contributed by atoms with E-state index >= 15 is 0 Å². The van der Waals surface area contributed by atoms with Crippen LogP contribution in [0.3, 0.4) is 0 Å². The number of hydrogen-bond acceptors (Lipinski definition) is 4. The van der Waals surface area contributed by atoms with Crippen LogP contribution in [-0.4, -0.2) is 41.5 Å². The number of hydrogen-bond donors (Lipinski definition) is 1. The Morgan fingerprint density at radius 3 is 2.56 bits per heavy atom. The van der Waals surface area contributed by atoms with Crippen molar-refractivity contribution in [3.8, 4) is 0 Å².